The van der Waals surface area contributed by atoms with Gasteiger partial charge in [-0.2, -0.15) is 0 Å². The number of phenols is 1. The second kappa shape index (κ2) is 6.76. The van der Waals surface area contributed by atoms with Gasteiger partial charge in [0, 0.05) is 5.69 Å². The number of aromatic hydroxyl groups is 1. The molecule has 22 heavy (non-hydrogen) atoms. The highest BCUT2D eigenvalue weighted by atomic mass is 16.5. The van der Waals surface area contributed by atoms with Gasteiger partial charge in [0.25, 0.3) is 5.91 Å². The van der Waals surface area contributed by atoms with Crippen LogP contribution in [0.3, 0.4) is 0 Å². The average Bonchev–Trinajstić information content (AvgIpc) is 2.49. The average molecular weight is 299 g/mol. The largest absolute Gasteiger partial charge is 0.507 e. The third-order valence-electron chi connectivity index (χ3n) is 3.18. The minimum atomic E-state index is -0.980. The summed E-state index contributed by atoms with van der Waals surface area (Å²) in [5.74, 6) is -1.36. The number of hydrogen-bond donors (Lipinski definition) is 2. The lowest BCUT2D eigenvalue weighted by Crippen LogP contribution is -2.30. The van der Waals surface area contributed by atoms with Crippen molar-refractivity contribution in [1.29, 1.82) is 0 Å². The van der Waals surface area contributed by atoms with Crippen molar-refractivity contribution in [2.45, 2.75) is 20.0 Å². The number of aryl methyl sites for hydroxylation is 1. The van der Waals surface area contributed by atoms with E-state index in [4.69, 9.17) is 4.74 Å². The van der Waals surface area contributed by atoms with Crippen molar-refractivity contribution in [3.05, 3.63) is 59.7 Å². The van der Waals surface area contributed by atoms with Crippen LogP contribution in [0.5, 0.6) is 5.75 Å². The number of ether oxygens (including phenoxy) is 1. The van der Waals surface area contributed by atoms with E-state index in [0.29, 0.717) is 5.69 Å². The van der Waals surface area contributed by atoms with Gasteiger partial charge in [-0.25, -0.2) is 4.79 Å². The van der Waals surface area contributed by atoms with E-state index in [2.05, 4.69) is 5.32 Å². The predicted molar refractivity (Wildman–Crippen MR) is 82.8 cm³/mol. The molecule has 0 aliphatic heterocycles. The molecule has 0 heterocycles. The zero-order valence-electron chi connectivity index (χ0n) is 12.4. The fourth-order valence-electron chi connectivity index (χ4n) is 1.87. The third-order valence-corrected chi connectivity index (χ3v) is 3.18. The van der Waals surface area contributed by atoms with E-state index in [1.54, 1.807) is 24.3 Å². The number of carbonyl (C=O) groups excluding carboxylic acids is 2. The molecule has 0 unspecified atom stereocenters. The summed E-state index contributed by atoms with van der Waals surface area (Å²) >= 11 is 0. The molecule has 2 N–H and O–H groups in total. The molecule has 0 spiro atoms. The summed E-state index contributed by atoms with van der Waals surface area (Å²) in [7, 11) is 0. The fraction of sp³-hybridized carbons (Fsp3) is 0.176. The third kappa shape index (κ3) is 3.63. The van der Waals surface area contributed by atoms with Crippen molar-refractivity contribution < 1.29 is 19.4 Å². The van der Waals surface area contributed by atoms with Gasteiger partial charge in [0.1, 0.15) is 11.3 Å². The first-order valence-electron chi connectivity index (χ1n) is 6.84. The molecule has 0 fully saturated rings. The number of phenolic OH excluding ortho intramolecular Hbond substituents is 1. The molecular formula is C17H17NO4. The number of hydrogen-bond acceptors (Lipinski definition) is 4. The molecule has 1 amide bonds. The van der Waals surface area contributed by atoms with Gasteiger partial charge in [0.15, 0.2) is 6.10 Å². The highest BCUT2D eigenvalue weighted by Gasteiger charge is 2.21. The molecule has 0 radical (unpaired) electrons. The van der Waals surface area contributed by atoms with Crippen LogP contribution in [-0.4, -0.2) is 23.1 Å². The Balaban J connectivity index is 2.01. The molecule has 114 valence electrons. The van der Waals surface area contributed by atoms with Gasteiger partial charge in [-0.15, -0.1) is 0 Å². The Morgan fingerprint density at radius 1 is 1.09 bits per heavy atom. The van der Waals surface area contributed by atoms with E-state index in [-0.39, 0.29) is 11.3 Å². The first-order chi connectivity index (χ1) is 10.5. The number of benzene rings is 2. The summed E-state index contributed by atoms with van der Waals surface area (Å²) in [6.07, 6.45) is -0.980. The number of rotatable bonds is 4. The van der Waals surface area contributed by atoms with Crippen LogP contribution in [0.25, 0.3) is 0 Å². The van der Waals surface area contributed by atoms with E-state index < -0.39 is 18.0 Å². The maximum Gasteiger partial charge on any atom is 0.342 e. The number of amides is 1. The Hall–Kier alpha value is -2.82. The molecule has 5 heteroatoms. The molecule has 5 nitrogen and oxygen atoms in total. The summed E-state index contributed by atoms with van der Waals surface area (Å²) in [5, 5.41) is 12.3. The highest BCUT2D eigenvalue weighted by Crippen LogP contribution is 2.18. The van der Waals surface area contributed by atoms with Gasteiger partial charge in [-0.05, 0) is 37.6 Å². The summed E-state index contributed by atoms with van der Waals surface area (Å²) in [4.78, 5) is 24.0. The summed E-state index contributed by atoms with van der Waals surface area (Å²) < 4.78 is 5.08. The number of anilines is 1. The van der Waals surface area contributed by atoms with Crippen LogP contribution in [0.15, 0.2) is 48.5 Å². The maximum atomic E-state index is 12.1. The number of nitrogens with one attached hydrogen (secondary N) is 1. The second-order valence-electron chi connectivity index (χ2n) is 4.87. The Labute approximate surface area is 128 Å². The summed E-state index contributed by atoms with van der Waals surface area (Å²) in [5.41, 5.74) is 1.60. The normalized spacial score (nSPS) is 11.5. The lowest BCUT2D eigenvalue weighted by molar-refractivity contribution is -0.123. The van der Waals surface area contributed by atoms with E-state index >= 15 is 0 Å². The van der Waals surface area contributed by atoms with Crippen molar-refractivity contribution in [2.75, 3.05) is 5.32 Å². The van der Waals surface area contributed by atoms with Crippen LogP contribution < -0.4 is 5.32 Å². The van der Waals surface area contributed by atoms with Gasteiger partial charge >= 0.3 is 5.97 Å². The van der Waals surface area contributed by atoms with Gasteiger partial charge in [-0.3, -0.25) is 4.79 Å². The van der Waals surface area contributed by atoms with Gasteiger partial charge in [0.05, 0.1) is 0 Å². The Morgan fingerprint density at radius 3 is 2.41 bits per heavy atom. The smallest absolute Gasteiger partial charge is 0.342 e. The van der Waals surface area contributed by atoms with E-state index in [1.807, 2.05) is 19.1 Å². The Kier molecular flexibility index (Phi) is 4.78. The second-order valence-corrected chi connectivity index (χ2v) is 4.87. The summed E-state index contributed by atoms with van der Waals surface area (Å²) in [6.45, 7) is 3.35. The Bertz CT molecular complexity index is 697. The van der Waals surface area contributed by atoms with Crippen molar-refractivity contribution in [3.63, 3.8) is 0 Å². The number of carbonyl (C=O) groups is 2. The topological polar surface area (TPSA) is 75.6 Å². The zero-order chi connectivity index (χ0) is 16.1. The quantitative estimate of drug-likeness (QED) is 0.851. The maximum absolute atomic E-state index is 12.1. The van der Waals surface area contributed by atoms with Gasteiger partial charge in [0.2, 0.25) is 0 Å². The lowest BCUT2D eigenvalue weighted by Gasteiger charge is -2.15. The molecule has 0 aliphatic rings. The predicted octanol–water partition coefficient (Wildman–Crippen LogP) is 2.88. The van der Waals surface area contributed by atoms with Crippen molar-refractivity contribution in [1.82, 2.24) is 0 Å². The molecule has 2 aromatic carbocycles. The lowest BCUT2D eigenvalue weighted by atomic mass is 10.2. The van der Waals surface area contributed by atoms with Crippen LogP contribution in [-0.2, 0) is 9.53 Å². The SMILES string of the molecule is Cc1ccccc1NC(=O)[C@@H](C)OC(=O)c1ccccc1O. The van der Waals surface area contributed by atoms with Gasteiger partial charge < -0.3 is 15.2 Å². The molecular weight excluding hydrogens is 282 g/mol. The van der Waals surface area contributed by atoms with E-state index in [1.165, 1.54) is 19.1 Å². The van der Waals surface area contributed by atoms with Crippen molar-refractivity contribution in [3.8, 4) is 5.75 Å². The van der Waals surface area contributed by atoms with Crippen LogP contribution >= 0.6 is 0 Å². The van der Waals surface area contributed by atoms with Crippen LogP contribution in [0.4, 0.5) is 5.69 Å². The first kappa shape index (κ1) is 15.6. The number of para-hydroxylation sites is 2. The molecule has 2 rings (SSSR count). The molecule has 0 saturated carbocycles. The van der Waals surface area contributed by atoms with E-state index in [9.17, 15) is 14.7 Å². The molecule has 2 aromatic rings. The monoisotopic (exact) mass is 299 g/mol. The molecule has 0 aliphatic carbocycles. The van der Waals surface area contributed by atoms with E-state index in [0.717, 1.165) is 5.56 Å². The van der Waals surface area contributed by atoms with Crippen LogP contribution in [0.1, 0.15) is 22.8 Å². The molecule has 0 bridgehead atoms. The minimum Gasteiger partial charge on any atom is -0.507 e. The fourth-order valence-corrected chi connectivity index (χ4v) is 1.87. The molecule has 0 saturated heterocycles. The number of esters is 1. The van der Waals surface area contributed by atoms with Gasteiger partial charge in [-0.1, -0.05) is 30.3 Å². The Morgan fingerprint density at radius 2 is 1.73 bits per heavy atom. The molecule has 0 aromatic heterocycles. The van der Waals surface area contributed by atoms with Crippen molar-refractivity contribution >= 4 is 17.6 Å². The first-order valence-corrected chi connectivity index (χ1v) is 6.84. The standard InChI is InChI=1S/C17H17NO4/c1-11-7-3-5-9-14(11)18-16(20)12(2)22-17(21)13-8-4-6-10-15(13)19/h3-10,12,19H,1-2H3,(H,18,20)/t12-/m1/s1. The zero-order valence-corrected chi connectivity index (χ0v) is 12.4. The summed E-state index contributed by atoms with van der Waals surface area (Å²) in [6, 6.07) is 13.3. The minimum absolute atomic E-state index is 0.0260. The van der Waals surface area contributed by atoms with Crippen LogP contribution in [0, 0.1) is 6.92 Å². The highest BCUT2D eigenvalue weighted by molar-refractivity contribution is 5.98. The van der Waals surface area contributed by atoms with Crippen LogP contribution in [0.2, 0.25) is 0 Å². The van der Waals surface area contributed by atoms with Crippen molar-refractivity contribution in [2.24, 2.45) is 0 Å². The molecule has 1 atom stereocenters.